The molecule has 4 aromatic rings. The van der Waals surface area contributed by atoms with E-state index >= 15 is 0 Å². The average molecular weight is 524 g/mol. The van der Waals surface area contributed by atoms with E-state index in [1.165, 1.54) is 18.2 Å². The van der Waals surface area contributed by atoms with Gasteiger partial charge in [-0.1, -0.05) is 12.1 Å². The van der Waals surface area contributed by atoms with Gasteiger partial charge in [-0.2, -0.15) is 0 Å². The number of benzene rings is 2. The minimum Gasteiger partial charge on any atom is -0.508 e. The smallest absolute Gasteiger partial charge is 0.337 e. The van der Waals surface area contributed by atoms with Crippen LogP contribution in [0.5, 0.6) is 5.75 Å². The molecular formula is C27H23F3N4O4. The van der Waals surface area contributed by atoms with Crippen LogP contribution < -0.4 is 16.6 Å². The number of aromatic nitrogens is 3. The van der Waals surface area contributed by atoms with E-state index in [1.807, 2.05) is 0 Å². The van der Waals surface area contributed by atoms with E-state index in [0.29, 0.717) is 25.7 Å². The van der Waals surface area contributed by atoms with E-state index < -0.39 is 34.7 Å². The molecule has 0 aliphatic heterocycles. The lowest BCUT2D eigenvalue weighted by molar-refractivity contribution is -0.121. The van der Waals surface area contributed by atoms with E-state index in [2.05, 4.69) is 10.3 Å². The summed E-state index contributed by atoms with van der Waals surface area (Å²) < 4.78 is 43.6. The largest absolute Gasteiger partial charge is 0.508 e. The molecule has 0 bridgehead atoms. The zero-order valence-corrected chi connectivity index (χ0v) is 20.0. The van der Waals surface area contributed by atoms with E-state index in [4.69, 9.17) is 0 Å². The topological polar surface area (TPSA) is 106 Å². The normalized spacial score (nSPS) is 17.4. The van der Waals surface area contributed by atoms with Crippen molar-refractivity contribution < 1.29 is 23.1 Å². The van der Waals surface area contributed by atoms with Crippen LogP contribution in [0.15, 0.2) is 64.3 Å². The van der Waals surface area contributed by atoms with Gasteiger partial charge < -0.3 is 10.4 Å². The van der Waals surface area contributed by atoms with Crippen molar-refractivity contribution in [2.24, 2.45) is 0 Å². The van der Waals surface area contributed by atoms with Crippen LogP contribution in [0.2, 0.25) is 0 Å². The van der Waals surface area contributed by atoms with Gasteiger partial charge in [0.25, 0.3) is 5.56 Å². The SMILES string of the molecule is O=C(Cc1ccc(O)cc1)NC1CCC(n2c(=O)c3cc(F)cnc3n(-c3ccc(F)c(F)c3)c2=O)CC1. The fourth-order valence-electron chi connectivity index (χ4n) is 4.92. The number of amides is 1. The molecule has 0 saturated heterocycles. The molecule has 5 rings (SSSR count). The maximum absolute atomic E-state index is 14.0. The molecule has 0 atom stereocenters. The number of aromatic hydroxyl groups is 1. The highest BCUT2D eigenvalue weighted by molar-refractivity contribution is 5.79. The Hall–Kier alpha value is -4.41. The van der Waals surface area contributed by atoms with Gasteiger partial charge in [0, 0.05) is 18.2 Å². The van der Waals surface area contributed by atoms with Gasteiger partial charge in [0.2, 0.25) is 5.91 Å². The summed E-state index contributed by atoms with van der Waals surface area (Å²) in [5.41, 5.74) is -1.00. The van der Waals surface area contributed by atoms with Crippen molar-refractivity contribution in [1.82, 2.24) is 19.4 Å². The van der Waals surface area contributed by atoms with Crippen LogP contribution in [-0.2, 0) is 11.2 Å². The lowest BCUT2D eigenvalue weighted by Gasteiger charge is -2.30. The number of phenols is 1. The number of nitrogens with one attached hydrogen (secondary N) is 1. The molecular weight excluding hydrogens is 501 g/mol. The minimum absolute atomic E-state index is 0.0538. The molecule has 0 spiro atoms. The van der Waals surface area contributed by atoms with Crippen LogP contribution in [0.3, 0.4) is 0 Å². The number of pyridine rings is 1. The van der Waals surface area contributed by atoms with Gasteiger partial charge in [0.05, 0.1) is 23.7 Å². The maximum atomic E-state index is 14.0. The number of fused-ring (bicyclic) bond motifs is 1. The molecule has 1 saturated carbocycles. The second-order valence-electron chi connectivity index (χ2n) is 9.33. The summed E-state index contributed by atoms with van der Waals surface area (Å²) in [6.45, 7) is 0. The lowest BCUT2D eigenvalue weighted by Crippen LogP contribution is -2.45. The molecule has 38 heavy (non-hydrogen) atoms. The molecule has 2 aromatic heterocycles. The van der Waals surface area contributed by atoms with Crippen LogP contribution in [0.1, 0.15) is 37.3 Å². The Bertz CT molecular complexity index is 1640. The first-order valence-electron chi connectivity index (χ1n) is 12.1. The summed E-state index contributed by atoms with van der Waals surface area (Å²) in [6.07, 6.45) is 2.72. The van der Waals surface area contributed by atoms with Crippen molar-refractivity contribution in [3.05, 3.63) is 98.6 Å². The summed E-state index contributed by atoms with van der Waals surface area (Å²) in [6, 6.07) is 9.43. The van der Waals surface area contributed by atoms with Crippen LogP contribution in [-0.4, -0.2) is 31.2 Å². The third-order valence-electron chi connectivity index (χ3n) is 6.78. The van der Waals surface area contributed by atoms with Gasteiger partial charge in [0.15, 0.2) is 17.3 Å². The Labute approximate surface area is 214 Å². The Morgan fingerprint density at radius 2 is 1.68 bits per heavy atom. The molecule has 196 valence electrons. The zero-order valence-electron chi connectivity index (χ0n) is 20.0. The molecule has 2 N–H and O–H groups in total. The number of phenolic OH excluding ortho intramolecular Hbond substituents is 1. The molecule has 0 unspecified atom stereocenters. The van der Waals surface area contributed by atoms with E-state index in [9.17, 15) is 32.7 Å². The molecule has 2 aromatic carbocycles. The van der Waals surface area contributed by atoms with Crippen LogP contribution in [0.4, 0.5) is 13.2 Å². The highest BCUT2D eigenvalue weighted by Crippen LogP contribution is 2.28. The van der Waals surface area contributed by atoms with E-state index in [0.717, 1.165) is 39.1 Å². The molecule has 0 radical (unpaired) electrons. The van der Waals surface area contributed by atoms with Crippen molar-refractivity contribution in [1.29, 1.82) is 0 Å². The van der Waals surface area contributed by atoms with Crippen LogP contribution >= 0.6 is 0 Å². The Morgan fingerprint density at radius 1 is 0.974 bits per heavy atom. The first kappa shape index (κ1) is 25.2. The van der Waals surface area contributed by atoms with Gasteiger partial charge in [-0.25, -0.2) is 27.5 Å². The molecule has 2 heterocycles. The number of carbonyl (C=O) groups excluding carboxylic acids is 1. The van der Waals surface area contributed by atoms with Crippen molar-refractivity contribution in [2.45, 2.75) is 44.2 Å². The van der Waals surface area contributed by atoms with Crippen molar-refractivity contribution in [3.8, 4) is 11.4 Å². The van der Waals surface area contributed by atoms with Crippen LogP contribution in [0, 0.1) is 17.5 Å². The third kappa shape index (κ3) is 4.91. The number of halogens is 3. The predicted molar refractivity (Wildman–Crippen MR) is 133 cm³/mol. The van der Waals surface area contributed by atoms with Gasteiger partial charge in [-0.3, -0.25) is 14.2 Å². The third-order valence-corrected chi connectivity index (χ3v) is 6.78. The second-order valence-corrected chi connectivity index (χ2v) is 9.33. The highest BCUT2D eigenvalue weighted by atomic mass is 19.2. The number of hydrogen-bond donors (Lipinski definition) is 2. The first-order chi connectivity index (χ1) is 18.2. The number of nitrogens with zero attached hydrogens (tertiary/aromatic N) is 3. The Balaban J connectivity index is 1.42. The highest BCUT2D eigenvalue weighted by Gasteiger charge is 2.28. The summed E-state index contributed by atoms with van der Waals surface area (Å²) in [7, 11) is 0. The lowest BCUT2D eigenvalue weighted by atomic mass is 9.90. The predicted octanol–water partition coefficient (Wildman–Crippen LogP) is 3.51. The van der Waals surface area contributed by atoms with Gasteiger partial charge in [-0.15, -0.1) is 0 Å². The second kappa shape index (κ2) is 10.2. The van der Waals surface area contributed by atoms with Crippen molar-refractivity contribution in [3.63, 3.8) is 0 Å². The molecule has 1 aliphatic rings. The standard InChI is InChI=1S/C27H23F3N4O4/c28-16-12-21-25(31-14-16)33(19-7-10-22(29)23(30)13-19)27(38)34(26(21)37)18-5-3-17(4-6-18)32-24(36)11-15-1-8-20(35)9-2-15/h1-2,7-10,12-14,17-18,35H,3-6,11H2,(H,32,36). The number of hydrogen-bond acceptors (Lipinski definition) is 5. The van der Waals surface area contributed by atoms with E-state index in [-0.39, 0.29) is 40.8 Å². The Morgan fingerprint density at radius 3 is 2.37 bits per heavy atom. The maximum Gasteiger partial charge on any atom is 0.337 e. The summed E-state index contributed by atoms with van der Waals surface area (Å²) in [5.74, 6) is -3.16. The molecule has 8 nitrogen and oxygen atoms in total. The van der Waals surface area contributed by atoms with Crippen LogP contribution in [0.25, 0.3) is 16.7 Å². The fraction of sp³-hybridized carbons (Fsp3) is 0.259. The van der Waals surface area contributed by atoms with Crippen molar-refractivity contribution >= 4 is 16.9 Å². The van der Waals surface area contributed by atoms with E-state index in [1.54, 1.807) is 12.1 Å². The minimum atomic E-state index is -1.19. The molecule has 1 amide bonds. The van der Waals surface area contributed by atoms with Gasteiger partial charge in [0.1, 0.15) is 11.6 Å². The average Bonchev–Trinajstić information content (AvgIpc) is 2.89. The van der Waals surface area contributed by atoms with Gasteiger partial charge >= 0.3 is 5.69 Å². The van der Waals surface area contributed by atoms with Crippen molar-refractivity contribution in [2.75, 3.05) is 0 Å². The summed E-state index contributed by atoms with van der Waals surface area (Å²) in [5, 5.41) is 12.2. The molecule has 1 aliphatic carbocycles. The quantitative estimate of drug-likeness (QED) is 0.416. The summed E-state index contributed by atoms with van der Waals surface area (Å²) >= 11 is 0. The Kier molecular flexibility index (Phi) is 6.75. The van der Waals surface area contributed by atoms with Gasteiger partial charge in [-0.05, 0) is 61.6 Å². The monoisotopic (exact) mass is 524 g/mol. The molecule has 11 heteroatoms. The zero-order chi connectivity index (χ0) is 27.0. The number of carbonyl (C=O) groups is 1. The fourth-order valence-corrected chi connectivity index (χ4v) is 4.92. The molecule has 1 fully saturated rings. The summed E-state index contributed by atoms with van der Waals surface area (Å²) in [4.78, 5) is 43.2. The first-order valence-corrected chi connectivity index (χ1v) is 12.1. The number of rotatable bonds is 5.